The zero-order chi connectivity index (χ0) is 19.7. The summed E-state index contributed by atoms with van der Waals surface area (Å²) in [6.45, 7) is 5.85. The number of phenolic OH excluding ortho intramolecular Hbond substituents is 1. The molecule has 4 rings (SSSR count). The molecule has 2 N–H and O–H groups in total. The third-order valence-corrected chi connectivity index (χ3v) is 7.46. The van der Waals surface area contributed by atoms with E-state index < -0.39 is 0 Å². The molecule has 2 aliphatic rings. The van der Waals surface area contributed by atoms with Crippen LogP contribution in [0.4, 0.5) is 0 Å². The first-order chi connectivity index (χ1) is 13.6. The molecular formula is C25H34N2O. The van der Waals surface area contributed by atoms with E-state index in [1.807, 2.05) is 12.1 Å². The van der Waals surface area contributed by atoms with Crippen LogP contribution < -0.4 is 5.32 Å². The molecule has 2 aromatic carbocycles. The summed E-state index contributed by atoms with van der Waals surface area (Å²) in [5.41, 5.74) is 2.90. The molecule has 0 amide bonds. The average molecular weight is 379 g/mol. The van der Waals surface area contributed by atoms with Crippen LogP contribution in [0.2, 0.25) is 0 Å². The third-order valence-electron chi connectivity index (χ3n) is 7.46. The number of likely N-dealkylation sites (tertiary alicyclic amines) is 1. The number of nitrogens with one attached hydrogen (secondary N) is 1. The van der Waals surface area contributed by atoms with Gasteiger partial charge in [-0.2, -0.15) is 0 Å². The van der Waals surface area contributed by atoms with E-state index in [1.54, 1.807) is 6.07 Å². The third kappa shape index (κ3) is 3.35. The Kier molecular flexibility index (Phi) is 5.48. The van der Waals surface area contributed by atoms with Crippen LogP contribution in [0, 0.1) is 5.92 Å². The Hall–Kier alpha value is -1.84. The van der Waals surface area contributed by atoms with Gasteiger partial charge < -0.3 is 10.4 Å². The summed E-state index contributed by atoms with van der Waals surface area (Å²) in [6.07, 6.45) is 4.67. The number of piperidine rings is 1. The van der Waals surface area contributed by atoms with Gasteiger partial charge >= 0.3 is 0 Å². The Labute approximate surface area is 169 Å². The molecule has 0 radical (unpaired) electrons. The second-order valence-electron chi connectivity index (χ2n) is 8.92. The van der Waals surface area contributed by atoms with Crippen molar-refractivity contribution in [3.63, 3.8) is 0 Å². The fourth-order valence-corrected chi connectivity index (χ4v) is 6.01. The molecule has 1 saturated carbocycles. The van der Waals surface area contributed by atoms with Gasteiger partial charge in [-0.3, -0.25) is 4.90 Å². The number of hydrogen-bond donors (Lipinski definition) is 2. The number of rotatable bonds is 5. The molecule has 3 unspecified atom stereocenters. The highest BCUT2D eigenvalue weighted by Gasteiger charge is 2.51. The smallest absolute Gasteiger partial charge is 0.115 e. The van der Waals surface area contributed by atoms with Gasteiger partial charge in [0.2, 0.25) is 0 Å². The van der Waals surface area contributed by atoms with Gasteiger partial charge in [-0.15, -0.1) is 0 Å². The molecule has 150 valence electrons. The van der Waals surface area contributed by atoms with Crippen LogP contribution in [0.3, 0.4) is 0 Å². The molecule has 1 aliphatic carbocycles. The maximum Gasteiger partial charge on any atom is 0.115 e. The molecule has 2 aromatic rings. The van der Waals surface area contributed by atoms with Crippen molar-refractivity contribution >= 4 is 0 Å². The summed E-state index contributed by atoms with van der Waals surface area (Å²) >= 11 is 0. The van der Waals surface area contributed by atoms with Crippen molar-refractivity contribution in [2.75, 3.05) is 13.6 Å². The first kappa shape index (κ1) is 19.5. The highest BCUT2D eigenvalue weighted by molar-refractivity contribution is 5.36. The summed E-state index contributed by atoms with van der Waals surface area (Å²) < 4.78 is 0. The zero-order valence-electron chi connectivity index (χ0n) is 17.4. The first-order valence-electron chi connectivity index (χ1n) is 10.8. The molecule has 5 atom stereocenters. The van der Waals surface area contributed by atoms with E-state index in [9.17, 15) is 5.11 Å². The minimum absolute atomic E-state index is 0.140. The number of aromatic hydroxyl groups is 1. The van der Waals surface area contributed by atoms with Crippen molar-refractivity contribution in [1.29, 1.82) is 0 Å². The summed E-state index contributed by atoms with van der Waals surface area (Å²) in [5, 5.41) is 13.7. The van der Waals surface area contributed by atoms with Crippen molar-refractivity contribution in [2.45, 2.75) is 63.1 Å². The van der Waals surface area contributed by atoms with E-state index in [2.05, 4.69) is 67.5 Å². The second-order valence-corrected chi connectivity index (χ2v) is 8.92. The van der Waals surface area contributed by atoms with Gasteiger partial charge in [-0.25, -0.2) is 0 Å². The quantitative estimate of drug-likeness (QED) is 0.779. The molecular weight excluding hydrogens is 344 g/mol. The lowest BCUT2D eigenvalue weighted by molar-refractivity contribution is -0.0283. The van der Waals surface area contributed by atoms with Crippen LogP contribution in [0.25, 0.3) is 0 Å². The topological polar surface area (TPSA) is 35.5 Å². The van der Waals surface area contributed by atoms with Crippen molar-refractivity contribution in [1.82, 2.24) is 10.2 Å². The minimum Gasteiger partial charge on any atom is -0.508 e. The number of hydrogen-bond acceptors (Lipinski definition) is 3. The molecule has 28 heavy (non-hydrogen) atoms. The number of phenols is 1. The Bertz CT molecular complexity index is 792. The Morgan fingerprint density at radius 1 is 1.14 bits per heavy atom. The average Bonchev–Trinajstić information content (AvgIpc) is 2.73. The van der Waals surface area contributed by atoms with Gasteiger partial charge in [0.25, 0.3) is 0 Å². The maximum atomic E-state index is 10.1. The second kappa shape index (κ2) is 7.88. The highest BCUT2D eigenvalue weighted by Crippen LogP contribution is 2.52. The monoisotopic (exact) mass is 378 g/mol. The van der Waals surface area contributed by atoms with Crippen molar-refractivity contribution in [3.05, 3.63) is 65.7 Å². The van der Waals surface area contributed by atoms with E-state index in [0.717, 1.165) is 19.4 Å². The fraction of sp³-hybridized carbons (Fsp3) is 0.520. The molecule has 2 bridgehead atoms. The van der Waals surface area contributed by atoms with Crippen LogP contribution in [0.15, 0.2) is 54.6 Å². The van der Waals surface area contributed by atoms with E-state index in [-0.39, 0.29) is 5.41 Å². The van der Waals surface area contributed by atoms with Crippen LogP contribution in [-0.2, 0) is 5.41 Å². The molecule has 1 heterocycles. The first-order valence-corrected chi connectivity index (χ1v) is 10.8. The summed E-state index contributed by atoms with van der Waals surface area (Å²) in [7, 11) is 2.10. The molecule has 3 heteroatoms. The van der Waals surface area contributed by atoms with Crippen molar-refractivity contribution in [3.8, 4) is 5.75 Å². The molecule has 3 nitrogen and oxygen atoms in total. The predicted molar refractivity (Wildman–Crippen MR) is 116 cm³/mol. The summed E-state index contributed by atoms with van der Waals surface area (Å²) in [6, 6.07) is 20.6. The summed E-state index contributed by atoms with van der Waals surface area (Å²) in [5.74, 6) is 0.930. The van der Waals surface area contributed by atoms with Gasteiger partial charge in [0.05, 0.1) is 0 Å². The maximum absolute atomic E-state index is 10.1. The van der Waals surface area contributed by atoms with Crippen molar-refractivity contribution in [2.24, 2.45) is 5.92 Å². The molecule has 2 fully saturated rings. The molecule has 0 spiro atoms. The molecule has 1 aliphatic heterocycles. The number of benzene rings is 2. The summed E-state index contributed by atoms with van der Waals surface area (Å²) in [4.78, 5) is 2.78. The van der Waals surface area contributed by atoms with Crippen molar-refractivity contribution < 1.29 is 5.11 Å². The fourth-order valence-electron chi connectivity index (χ4n) is 6.01. The molecule has 1 saturated heterocycles. The normalized spacial score (nSPS) is 31.5. The van der Waals surface area contributed by atoms with Crippen LogP contribution in [-0.4, -0.2) is 35.7 Å². The predicted octanol–water partition coefficient (Wildman–Crippen LogP) is 4.87. The van der Waals surface area contributed by atoms with Gasteiger partial charge in [-0.1, -0.05) is 56.3 Å². The number of fused-ring (bicyclic) bond motifs is 2. The van der Waals surface area contributed by atoms with E-state index in [1.165, 1.54) is 24.0 Å². The number of nitrogens with zero attached hydrogens (tertiary/aromatic N) is 1. The van der Waals surface area contributed by atoms with Gasteiger partial charge in [-0.05, 0) is 61.9 Å². The minimum atomic E-state index is 0.140. The lowest BCUT2D eigenvalue weighted by Crippen LogP contribution is -2.61. The van der Waals surface area contributed by atoms with Crippen LogP contribution in [0.5, 0.6) is 5.75 Å². The van der Waals surface area contributed by atoms with E-state index in [4.69, 9.17) is 0 Å². The Morgan fingerprint density at radius 3 is 2.61 bits per heavy atom. The van der Waals surface area contributed by atoms with Gasteiger partial charge in [0.15, 0.2) is 0 Å². The molecule has 0 aromatic heterocycles. The Morgan fingerprint density at radius 2 is 1.93 bits per heavy atom. The largest absolute Gasteiger partial charge is 0.508 e. The van der Waals surface area contributed by atoms with Crippen LogP contribution in [0.1, 0.15) is 56.7 Å². The lowest BCUT2D eigenvalue weighted by Gasteiger charge is -2.58. The van der Waals surface area contributed by atoms with E-state index in [0.29, 0.717) is 29.8 Å². The van der Waals surface area contributed by atoms with E-state index >= 15 is 0 Å². The SMILES string of the molecule is CCC(c1ccccc1)N1C[C@@H](C)C2(c3cccc(O)c3)CC1C[C@H](NC)C2. The zero-order valence-corrected chi connectivity index (χ0v) is 17.4. The lowest BCUT2D eigenvalue weighted by atomic mass is 9.57. The standard InChI is InChI=1S/C25H34N2O/c1-4-24(19-9-6-5-7-10-19)27-17-18(2)25(20-11-8-12-23(28)13-20)15-21(26-3)14-22(27)16-25/h5-13,18,21-22,24,26,28H,4,14-17H2,1-3H3/t18-,21+,22?,24?,25?/m1/s1. The Balaban J connectivity index is 1.71. The van der Waals surface area contributed by atoms with Gasteiger partial charge in [0.1, 0.15) is 5.75 Å². The van der Waals surface area contributed by atoms with Gasteiger partial charge in [0, 0.05) is 30.1 Å². The highest BCUT2D eigenvalue weighted by atomic mass is 16.3. The van der Waals surface area contributed by atoms with Crippen LogP contribution >= 0.6 is 0 Å².